The summed E-state index contributed by atoms with van der Waals surface area (Å²) in [5.41, 5.74) is 2.97. The minimum absolute atomic E-state index is 0.0703. The van der Waals surface area contributed by atoms with Crippen molar-refractivity contribution in [2.45, 2.75) is 12.5 Å². The van der Waals surface area contributed by atoms with Gasteiger partial charge in [-0.3, -0.25) is 9.89 Å². The quantitative estimate of drug-likeness (QED) is 0.783. The fraction of sp³-hybridized carbons (Fsp3) is 0.263. The second kappa shape index (κ2) is 7.21. The number of hydrogen-bond acceptors (Lipinski definition) is 4. The molecule has 1 atom stereocenters. The molecule has 1 saturated heterocycles. The number of nitrogens with one attached hydrogen (secondary N) is 1. The van der Waals surface area contributed by atoms with Gasteiger partial charge in [0.05, 0.1) is 31.0 Å². The van der Waals surface area contributed by atoms with Crippen LogP contribution in [0.25, 0.3) is 10.4 Å². The molecule has 3 aromatic rings. The molecule has 1 fully saturated rings. The first-order valence-corrected chi connectivity index (χ1v) is 9.19. The van der Waals surface area contributed by atoms with Crippen LogP contribution in [-0.2, 0) is 11.2 Å². The van der Waals surface area contributed by atoms with E-state index < -0.39 is 0 Å². The molecule has 1 unspecified atom stereocenters. The Bertz CT molecular complexity index is 829. The molecule has 25 heavy (non-hydrogen) atoms. The molecule has 4 rings (SSSR count). The zero-order valence-electron chi connectivity index (χ0n) is 13.7. The maximum absolute atomic E-state index is 13.0. The Balaban J connectivity index is 1.53. The number of ether oxygens (including phenoxy) is 1. The molecule has 1 aromatic carbocycles. The molecule has 0 radical (unpaired) electrons. The Hall–Kier alpha value is -2.44. The largest absolute Gasteiger partial charge is 0.377 e. The molecule has 1 aliphatic rings. The lowest BCUT2D eigenvalue weighted by Gasteiger charge is -2.35. The van der Waals surface area contributed by atoms with Gasteiger partial charge < -0.3 is 9.64 Å². The molecule has 3 heterocycles. The number of H-pyrrole nitrogens is 1. The van der Waals surface area contributed by atoms with Crippen molar-refractivity contribution < 1.29 is 9.53 Å². The van der Waals surface area contributed by atoms with Gasteiger partial charge in [0.2, 0.25) is 0 Å². The van der Waals surface area contributed by atoms with Gasteiger partial charge in [0, 0.05) is 28.6 Å². The topological polar surface area (TPSA) is 58.2 Å². The molecule has 1 aliphatic heterocycles. The third-order valence-corrected chi connectivity index (χ3v) is 5.41. The third-order valence-electron chi connectivity index (χ3n) is 4.43. The second-order valence-electron chi connectivity index (χ2n) is 6.10. The number of morpholine rings is 1. The van der Waals surface area contributed by atoms with Crippen molar-refractivity contribution in [1.29, 1.82) is 0 Å². The van der Waals surface area contributed by atoms with E-state index in [0.29, 0.717) is 19.8 Å². The number of aromatic amines is 1. The highest BCUT2D eigenvalue weighted by Gasteiger charge is 2.28. The summed E-state index contributed by atoms with van der Waals surface area (Å²) in [4.78, 5) is 16.0. The van der Waals surface area contributed by atoms with Gasteiger partial charge in [-0.2, -0.15) is 5.10 Å². The number of carbonyl (C=O) groups is 1. The van der Waals surface area contributed by atoms with Crippen molar-refractivity contribution in [1.82, 2.24) is 15.1 Å². The van der Waals surface area contributed by atoms with Crippen molar-refractivity contribution in [3.05, 3.63) is 65.3 Å². The van der Waals surface area contributed by atoms with E-state index in [1.165, 1.54) is 5.56 Å². The predicted molar refractivity (Wildman–Crippen MR) is 97.7 cm³/mol. The Morgan fingerprint density at radius 2 is 2.24 bits per heavy atom. The Labute approximate surface area is 150 Å². The monoisotopic (exact) mass is 353 g/mol. The van der Waals surface area contributed by atoms with Crippen LogP contribution < -0.4 is 0 Å². The molecule has 128 valence electrons. The van der Waals surface area contributed by atoms with E-state index in [1.807, 2.05) is 40.7 Å². The molecular weight excluding hydrogens is 334 g/mol. The molecule has 0 aliphatic carbocycles. The van der Waals surface area contributed by atoms with Crippen molar-refractivity contribution >= 4 is 17.2 Å². The number of carbonyl (C=O) groups excluding carboxylic acids is 1. The van der Waals surface area contributed by atoms with Crippen LogP contribution in [0.3, 0.4) is 0 Å². The summed E-state index contributed by atoms with van der Waals surface area (Å²) in [5, 5.41) is 8.71. The third kappa shape index (κ3) is 3.50. The number of hydrogen-bond donors (Lipinski definition) is 1. The van der Waals surface area contributed by atoms with Crippen LogP contribution in [0.5, 0.6) is 0 Å². The first kappa shape index (κ1) is 16.1. The maximum Gasteiger partial charge on any atom is 0.255 e. The average Bonchev–Trinajstić information content (AvgIpc) is 3.34. The van der Waals surface area contributed by atoms with E-state index in [9.17, 15) is 4.79 Å². The average molecular weight is 353 g/mol. The predicted octanol–water partition coefficient (Wildman–Crippen LogP) is 3.22. The number of benzene rings is 1. The van der Waals surface area contributed by atoms with Crippen LogP contribution in [0.15, 0.2) is 54.2 Å². The number of thiophene rings is 1. The van der Waals surface area contributed by atoms with E-state index in [-0.39, 0.29) is 11.9 Å². The SMILES string of the molecule is O=C(c1csc(-c2cn[nH]c2)c1)N1CCOCC1Cc1ccccc1. The summed E-state index contributed by atoms with van der Waals surface area (Å²) < 4.78 is 5.63. The van der Waals surface area contributed by atoms with Gasteiger partial charge in [-0.05, 0) is 18.1 Å². The zero-order chi connectivity index (χ0) is 17.1. The van der Waals surface area contributed by atoms with Gasteiger partial charge in [-0.1, -0.05) is 30.3 Å². The number of rotatable bonds is 4. The molecule has 2 aromatic heterocycles. The number of amides is 1. The molecule has 6 heteroatoms. The Kier molecular flexibility index (Phi) is 4.63. The first-order valence-electron chi connectivity index (χ1n) is 8.31. The zero-order valence-corrected chi connectivity index (χ0v) is 14.5. The summed E-state index contributed by atoms with van der Waals surface area (Å²) in [7, 11) is 0. The highest BCUT2D eigenvalue weighted by atomic mass is 32.1. The van der Waals surface area contributed by atoms with E-state index in [2.05, 4.69) is 22.3 Å². The van der Waals surface area contributed by atoms with Crippen LogP contribution in [0, 0.1) is 0 Å². The molecule has 5 nitrogen and oxygen atoms in total. The van der Waals surface area contributed by atoms with Gasteiger partial charge in [0.15, 0.2) is 0 Å². The number of aromatic nitrogens is 2. The van der Waals surface area contributed by atoms with Crippen molar-refractivity contribution in [3.63, 3.8) is 0 Å². The van der Waals surface area contributed by atoms with Crippen LogP contribution in [0.2, 0.25) is 0 Å². The lowest BCUT2D eigenvalue weighted by molar-refractivity contribution is -0.00160. The highest BCUT2D eigenvalue weighted by molar-refractivity contribution is 7.13. The Morgan fingerprint density at radius 3 is 3.04 bits per heavy atom. The molecule has 0 saturated carbocycles. The van der Waals surface area contributed by atoms with E-state index >= 15 is 0 Å². The van der Waals surface area contributed by atoms with Crippen molar-refractivity contribution in [3.8, 4) is 10.4 Å². The summed E-state index contributed by atoms with van der Waals surface area (Å²) in [6, 6.07) is 12.3. The summed E-state index contributed by atoms with van der Waals surface area (Å²) in [5.74, 6) is 0.0789. The fourth-order valence-electron chi connectivity index (χ4n) is 3.13. The second-order valence-corrected chi connectivity index (χ2v) is 7.01. The van der Waals surface area contributed by atoms with Crippen LogP contribution in [0.4, 0.5) is 0 Å². The van der Waals surface area contributed by atoms with Gasteiger partial charge in [0.1, 0.15) is 0 Å². The normalized spacial score (nSPS) is 17.6. The van der Waals surface area contributed by atoms with Gasteiger partial charge in [-0.15, -0.1) is 11.3 Å². The maximum atomic E-state index is 13.0. The van der Waals surface area contributed by atoms with Crippen LogP contribution in [0.1, 0.15) is 15.9 Å². The van der Waals surface area contributed by atoms with Crippen LogP contribution in [-0.4, -0.2) is 46.8 Å². The van der Waals surface area contributed by atoms with E-state index in [4.69, 9.17) is 4.74 Å². The van der Waals surface area contributed by atoms with Gasteiger partial charge in [0.25, 0.3) is 5.91 Å². The minimum Gasteiger partial charge on any atom is -0.377 e. The summed E-state index contributed by atoms with van der Waals surface area (Å²) in [6.07, 6.45) is 4.42. The lowest BCUT2D eigenvalue weighted by atomic mass is 10.0. The minimum atomic E-state index is 0.0703. The van der Waals surface area contributed by atoms with Crippen molar-refractivity contribution in [2.75, 3.05) is 19.8 Å². The molecule has 0 spiro atoms. The molecular formula is C19H19N3O2S. The number of nitrogens with zero attached hydrogens (tertiary/aromatic N) is 2. The van der Waals surface area contributed by atoms with Crippen molar-refractivity contribution in [2.24, 2.45) is 0 Å². The smallest absolute Gasteiger partial charge is 0.255 e. The molecule has 0 bridgehead atoms. The highest BCUT2D eigenvalue weighted by Crippen LogP contribution is 2.28. The van der Waals surface area contributed by atoms with E-state index in [1.54, 1.807) is 17.5 Å². The molecule has 1 N–H and O–H groups in total. The van der Waals surface area contributed by atoms with Gasteiger partial charge in [-0.25, -0.2) is 0 Å². The van der Waals surface area contributed by atoms with Gasteiger partial charge >= 0.3 is 0 Å². The standard InChI is InChI=1S/C19H19N3O2S/c23-19(15-9-18(25-13-15)16-10-20-21-11-16)22-6-7-24-12-17(22)8-14-4-2-1-3-5-14/h1-5,9-11,13,17H,6-8,12H2,(H,20,21). The Morgan fingerprint density at radius 1 is 1.36 bits per heavy atom. The summed E-state index contributed by atoms with van der Waals surface area (Å²) in [6.45, 7) is 1.81. The van der Waals surface area contributed by atoms with Crippen LogP contribution >= 0.6 is 11.3 Å². The first-order chi connectivity index (χ1) is 12.3. The fourth-order valence-corrected chi connectivity index (χ4v) is 3.99. The lowest BCUT2D eigenvalue weighted by Crippen LogP contribution is -2.49. The summed E-state index contributed by atoms with van der Waals surface area (Å²) >= 11 is 1.57. The molecule has 1 amide bonds. The van der Waals surface area contributed by atoms with E-state index in [0.717, 1.165) is 22.4 Å².